The molecule has 5 nitrogen and oxygen atoms in total. The number of hydrogen-bond acceptors (Lipinski definition) is 3. The van der Waals surface area contributed by atoms with Crippen LogP contribution in [0.2, 0.25) is 0 Å². The fraction of sp³-hybridized carbons (Fsp3) is 0.333. The molecule has 8 heavy (non-hydrogen) atoms. The van der Waals surface area contributed by atoms with Crippen molar-refractivity contribution in [2.45, 2.75) is 0 Å². The zero-order valence-electron chi connectivity index (χ0n) is 4.13. The van der Waals surface area contributed by atoms with Crippen molar-refractivity contribution in [1.29, 1.82) is 5.26 Å². The van der Waals surface area contributed by atoms with Gasteiger partial charge in [0, 0.05) is 0 Å². The van der Waals surface area contributed by atoms with E-state index in [1.165, 1.54) is 6.19 Å². The van der Waals surface area contributed by atoms with Crippen molar-refractivity contribution in [3.05, 3.63) is 0 Å². The van der Waals surface area contributed by atoms with Crippen LogP contribution in [0.25, 0.3) is 0 Å². The van der Waals surface area contributed by atoms with Gasteiger partial charge in [-0.15, -0.1) is 0 Å². The van der Waals surface area contributed by atoms with E-state index in [0.717, 1.165) is 0 Å². The summed E-state index contributed by atoms with van der Waals surface area (Å²) in [6.07, 6.45) is 1.54. The fourth-order valence-electron chi connectivity index (χ4n) is 0.173. The Morgan fingerprint density at radius 3 is 3.00 bits per heavy atom. The van der Waals surface area contributed by atoms with Gasteiger partial charge in [-0.05, 0) is 0 Å². The quantitative estimate of drug-likeness (QED) is 0.164. The number of nitrogens with zero attached hydrogens (tertiary/aromatic N) is 2. The molecule has 0 bridgehead atoms. The molecule has 5 heteroatoms. The van der Waals surface area contributed by atoms with Crippen LogP contribution in [0.1, 0.15) is 0 Å². The number of nitrogens with two attached hydrogens (primary N) is 1. The minimum atomic E-state index is -0.402. The van der Waals surface area contributed by atoms with Gasteiger partial charge in [0.15, 0.2) is 6.19 Å². The van der Waals surface area contributed by atoms with Gasteiger partial charge in [0.1, 0.15) is 6.73 Å². The Labute approximate surface area is 46.4 Å². The highest BCUT2D eigenvalue weighted by Gasteiger charge is 1.81. The lowest BCUT2D eigenvalue weighted by molar-refractivity contribution is 0.309. The van der Waals surface area contributed by atoms with Crippen LogP contribution in [0.3, 0.4) is 0 Å². The van der Waals surface area contributed by atoms with Gasteiger partial charge in [-0.3, -0.25) is 5.32 Å². The number of hydrogen-bond donors (Lipinski definition) is 3. The van der Waals surface area contributed by atoms with Gasteiger partial charge >= 0.3 is 0 Å². The highest BCUT2D eigenvalue weighted by atomic mass is 16.3. The molecule has 0 atom stereocenters. The molecule has 0 aliphatic rings. The number of nitriles is 1. The molecule has 0 saturated heterocycles. The monoisotopic (exact) mass is 114 g/mol. The van der Waals surface area contributed by atoms with Crippen LogP contribution < -0.4 is 11.1 Å². The van der Waals surface area contributed by atoms with E-state index in [-0.39, 0.29) is 5.96 Å². The highest BCUT2D eigenvalue weighted by Crippen LogP contribution is 1.59. The van der Waals surface area contributed by atoms with Gasteiger partial charge in [0.25, 0.3) is 0 Å². The maximum Gasteiger partial charge on any atom is 0.204 e. The fourth-order valence-corrected chi connectivity index (χ4v) is 0.173. The average Bonchev–Trinajstić information content (AvgIpc) is 1.68. The third-order valence-electron chi connectivity index (χ3n) is 0.425. The second-order valence-corrected chi connectivity index (χ2v) is 0.922. The van der Waals surface area contributed by atoms with Crippen molar-refractivity contribution < 1.29 is 5.11 Å². The van der Waals surface area contributed by atoms with Crippen molar-refractivity contribution in [1.82, 2.24) is 5.32 Å². The zero-order chi connectivity index (χ0) is 6.41. The first kappa shape index (κ1) is 6.72. The van der Waals surface area contributed by atoms with Crippen LogP contribution in [-0.2, 0) is 0 Å². The summed E-state index contributed by atoms with van der Waals surface area (Å²) in [6, 6.07) is 0. The molecular weight excluding hydrogens is 108 g/mol. The maximum atomic E-state index is 8.05. The topological polar surface area (TPSA) is 94.4 Å². The molecule has 0 radical (unpaired) electrons. The van der Waals surface area contributed by atoms with Crippen LogP contribution in [0.5, 0.6) is 0 Å². The number of aliphatic hydroxyl groups excluding tert-OH is 1. The van der Waals surface area contributed by atoms with Crippen molar-refractivity contribution in [3.63, 3.8) is 0 Å². The lowest BCUT2D eigenvalue weighted by Crippen LogP contribution is -2.27. The number of guanidine groups is 1. The SMILES string of the molecule is N#CNC(N)=NCO. The Morgan fingerprint density at radius 2 is 2.62 bits per heavy atom. The van der Waals surface area contributed by atoms with E-state index in [1.54, 1.807) is 0 Å². The molecule has 0 unspecified atom stereocenters. The van der Waals surface area contributed by atoms with E-state index in [4.69, 9.17) is 16.1 Å². The second-order valence-electron chi connectivity index (χ2n) is 0.922. The van der Waals surface area contributed by atoms with E-state index >= 15 is 0 Å². The van der Waals surface area contributed by atoms with Crippen LogP contribution in [-0.4, -0.2) is 17.8 Å². The Balaban J connectivity index is 3.49. The van der Waals surface area contributed by atoms with Crippen molar-refractivity contribution in [2.24, 2.45) is 10.7 Å². The first-order chi connectivity index (χ1) is 3.81. The lowest BCUT2D eigenvalue weighted by atomic mass is 10.9. The molecule has 0 aromatic rings. The molecule has 0 fully saturated rings. The highest BCUT2D eigenvalue weighted by molar-refractivity contribution is 5.79. The molecule has 0 aromatic carbocycles. The minimum Gasteiger partial charge on any atom is -0.374 e. The van der Waals surface area contributed by atoms with E-state index in [0.29, 0.717) is 0 Å². The van der Waals surface area contributed by atoms with E-state index in [9.17, 15) is 0 Å². The van der Waals surface area contributed by atoms with Gasteiger partial charge in [-0.2, -0.15) is 5.26 Å². The molecule has 44 valence electrons. The third-order valence-corrected chi connectivity index (χ3v) is 0.425. The first-order valence-electron chi connectivity index (χ1n) is 1.87. The summed E-state index contributed by atoms with van der Waals surface area (Å²) >= 11 is 0. The van der Waals surface area contributed by atoms with Gasteiger partial charge < -0.3 is 10.8 Å². The molecule has 0 saturated carbocycles. The van der Waals surface area contributed by atoms with E-state index < -0.39 is 6.73 Å². The Bertz CT molecular complexity index is 124. The second kappa shape index (κ2) is 3.89. The zero-order valence-corrected chi connectivity index (χ0v) is 4.13. The van der Waals surface area contributed by atoms with E-state index in [2.05, 4.69) is 4.99 Å². The number of rotatable bonds is 1. The number of aliphatic hydroxyl groups is 1. The lowest BCUT2D eigenvalue weighted by Gasteiger charge is -1.89. The molecule has 0 aromatic heterocycles. The van der Waals surface area contributed by atoms with Crippen LogP contribution in [0, 0.1) is 11.5 Å². The van der Waals surface area contributed by atoms with Gasteiger partial charge in [0.05, 0.1) is 0 Å². The minimum absolute atomic E-state index is 0.0741. The standard InChI is InChI=1S/C3H6N4O/c4-1-6-3(5)7-2-8/h8H,2H2,(H3,5,6,7). The molecule has 4 N–H and O–H groups in total. The Morgan fingerprint density at radius 1 is 2.00 bits per heavy atom. The predicted octanol–water partition coefficient (Wildman–Crippen LogP) is -1.68. The predicted molar refractivity (Wildman–Crippen MR) is 27.5 cm³/mol. The number of aliphatic imine (C=N–C) groups is 1. The first-order valence-corrected chi connectivity index (χ1v) is 1.87. The molecule has 0 aliphatic heterocycles. The van der Waals surface area contributed by atoms with Gasteiger partial charge in [-0.1, -0.05) is 0 Å². The average molecular weight is 114 g/mol. The molecule has 0 rings (SSSR count). The van der Waals surface area contributed by atoms with Crippen LogP contribution in [0.4, 0.5) is 0 Å². The summed E-state index contributed by atoms with van der Waals surface area (Å²) in [5.41, 5.74) is 4.95. The molecule has 0 amide bonds. The molecule has 0 aliphatic carbocycles. The molecule has 0 heterocycles. The summed E-state index contributed by atoms with van der Waals surface area (Å²) in [5.74, 6) is -0.0741. The Kier molecular flexibility index (Phi) is 3.27. The van der Waals surface area contributed by atoms with Crippen molar-refractivity contribution in [3.8, 4) is 6.19 Å². The largest absolute Gasteiger partial charge is 0.374 e. The summed E-state index contributed by atoms with van der Waals surface area (Å²) in [4.78, 5) is 3.23. The van der Waals surface area contributed by atoms with Crippen molar-refractivity contribution in [2.75, 3.05) is 6.73 Å². The maximum absolute atomic E-state index is 8.05. The summed E-state index contributed by atoms with van der Waals surface area (Å²) < 4.78 is 0. The van der Waals surface area contributed by atoms with E-state index in [1.807, 2.05) is 5.32 Å². The van der Waals surface area contributed by atoms with Gasteiger partial charge in [-0.25, -0.2) is 4.99 Å². The third kappa shape index (κ3) is 2.93. The van der Waals surface area contributed by atoms with Gasteiger partial charge in [0.2, 0.25) is 5.96 Å². The van der Waals surface area contributed by atoms with Crippen molar-refractivity contribution >= 4 is 5.96 Å². The summed E-state index contributed by atoms with van der Waals surface area (Å²) in [6.45, 7) is -0.402. The number of nitrogens with one attached hydrogen (secondary N) is 1. The molecule has 0 spiro atoms. The van der Waals surface area contributed by atoms with Crippen LogP contribution >= 0.6 is 0 Å². The van der Waals surface area contributed by atoms with Crippen LogP contribution in [0.15, 0.2) is 4.99 Å². The normalized spacial score (nSPS) is 10.2. The summed E-state index contributed by atoms with van der Waals surface area (Å²) in [7, 11) is 0. The molecular formula is C3H6N4O. The Hall–Kier alpha value is -1.28. The summed E-state index contributed by atoms with van der Waals surface area (Å²) in [5, 5.41) is 17.9. The smallest absolute Gasteiger partial charge is 0.204 e.